The Morgan fingerprint density at radius 2 is 2.00 bits per heavy atom. The molecule has 1 aromatic carbocycles. The van der Waals surface area contributed by atoms with E-state index in [9.17, 15) is 9.50 Å². The second kappa shape index (κ2) is 5.59. The van der Waals surface area contributed by atoms with Gasteiger partial charge in [-0.05, 0) is 63.4 Å². The first-order chi connectivity index (χ1) is 8.99. The Morgan fingerprint density at radius 1 is 1.37 bits per heavy atom. The van der Waals surface area contributed by atoms with Crippen LogP contribution in [-0.4, -0.2) is 28.6 Å². The van der Waals surface area contributed by atoms with Crippen molar-refractivity contribution in [3.63, 3.8) is 0 Å². The van der Waals surface area contributed by atoms with Gasteiger partial charge in [-0.25, -0.2) is 4.39 Å². The van der Waals surface area contributed by atoms with Crippen LogP contribution in [0, 0.1) is 12.7 Å². The lowest BCUT2D eigenvalue weighted by molar-refractivity contribution is -0.0140. The summed E-state index contributed by atoms with van der Waals surface area (Å²) >= 11 is 0. The molecule has 0 aliphatic carbocycles. The Morgan fingerprint density at radius 3 is 2.53 bits per heavy atom. The molecule has 1 N–H and O–H groups in total. The molecule has 1 aliphatic rings. The Bertz CT molecular complexity index is 442. The van der Waals surface area contributed by atoms with Crippen molar-refractivity contribution < 1.29 is 9.50 Å². The van der Waals surface area contributed by atoms with Gasteiger partial charge in [0.05, 0.1) is 6.10 Å². The van der Waals surface area contributed by atoms with E-state index in [-0.39, 0.29) is 11.4 Å². The van der Waals surface area contributed by atoms with Crippen molar-refractivity contribution >= 4 is 0 Å². The maximum atomic E-state index is 13.3. The van der Waals surface area contributed by atoms with Crippen LogP contribution >= 0.6 is 0 Å². The van der Waals surface area contributed by atoms with E-state index in [4.69, 9.17) is 0 Å². The molecule has 19 heavy (non-hydrogen) atoms. The average Bonchev–Trinajstić information content (AvgIpc) is 2.94. The van der Waals surface area contributed by atoms with Crippen LogP contribution in [0.2, 0.25) is 0 Å². The molecule has 2 rings (SSSR count). The summed E-state index contributed by atoms with van der Waals surface area (Å²) in [6, 6.07) is 4.93. The second-order valence-electron chi connectivity index (χ2n) is 5.82. The molecule has 1 saturated heterocycles. The number of benzene rings is 1. The maximum absolute atomic E-state index is 13.3. The molecular weight excluding hydrogens is 241 g/mol. The maximum Gasteiger partial charge on any atom is 0.126 e. The molecule has 2 unspecified atom stereocenters. The normalized spacial score (nSPS) is 21.3. The van der Waals surface area contributed by atoms with Gasteiger partial charge in [-0.3, -0.25) is 4.90 Å². The molecule has 1 aromatic rings. The molecule has 1 aliphatic heterocycles. The van der Waals surface area contributed by atoms with E-state index in [0.717, 1.165) is 25.1 Å². The zero-order valence-corrected chi connectivity index (χ0v) is 12.1. The molecule has 0 spiro atoms. The highest BCUT2D eigenvalue weighted by atomic mass is 19.1. The van der Waals surface area contributed by atoms with Crippen LogP contribution in [0.15, 0.2) is 18.2 Å². The van der Waals surface area contributed by atoms with Crippen LogP contribution < -0.4 is 0 Å². The molecule has 0 amide bonds. The van der Waals surface area contributed by atoms with E-state index < -0.39 is 6.10 Å². The van der Waals surface area contributed by atoms with Crippen LogP contribution in [0.4, 0.5) is 4.39 Å². The van der Waals surface area contributed by atoms with Crippen molar-refractivity contribution in [2.24, 2.45) is 0 Å². The fourth-order valence-electron chi connectivity index (χ4n) is 3.01. The topological polar surface area (TPSA) is 23.5 Å². The molecule has 2 atom stereocenters. The van der Waals surface area contributed by atoms with E-state index in [0.29, 0.717) is 5.56 Å². The molecule has 0 radical (unpaired) electrons. The lowest BCUT2D eigenvalue weighted by Gasteiger charge is -2.42. The number of halogens is 1. The highest BCUT2D eigenvalue weighted by Gasteiger charge is 2.39. The highest BCUT2D eigenvalue weighted by molar-refractivity contribution is 5.27. The number of hydrogen-bond acceptors (Lipinski definition) is 2. The van der Waals surface area contributed by atoms with Crippen LogP contribution in [0.1, 0.15) is 50.3 Å². The Labute approximate surface area is 115 Å². The third-order valence-electron chi connectivity index (χ3n) is 4.63. The third kappa shape index (κ3) is 2.67. The summed E-state index contributed by atoms with van der Waals surface area (Å²) in [4.78, 5) is 2.37. The number of likely N-dealkylation sites (tertiary alicyclic amines) is 1. The number of rotatable bonds is 4. The van der Waals surface area contributed by atoms with Gasteiger partial charge in [-0.1, -0.05) is 19.1 Å². The number of aliphatic hydroxyl groups is 1. The molecule has 0 bridgehead atoms. The standard InChI is InChI=1S/C16H24FNO/c1-4-16(3,18-9-5-6-10-18)15(19)13-7-8-14(17)12(2)11-13/h7-8,11,15,19H,4-6,9-10H2,1-3H3. The average molecular weight is 265 g/mol. The molecule has 0 aromatic heterocycles. The smallest absolute Gasteiger partial charge is 0.126 e. The van der Waals surface area contributed by atoms with Gasteiger partial charge < -0.3 is 5.11 Å². The minimum atomic E-state index is -0.574. The highest BCUT2D eigenvalue weighted by Crippen LogP contribution is 2.36. The molecule has 1 fully saturated rings. The lowest BCUT2D eigenvalue weighted by Crippen LogP contribution is -2.48. The van der Waals surface area contributed by atoms with Gasteiger partial charge in [0.15, 0.2) is 0 Å². The first-order valence-corrected chi connectivity index (χ1v) is 7.18. The predicted octanol–water partition coefficient (Wildman–Crippen LogP) is 3.43. The third-order valence-corrected chi connectivity index (χ3v) is 4.63. The second-order valence-corrected chi connectivity index (χ2v) is 5.82. The van der Waals surface area contributed by atoms with Gasteiger partial charge in [0, 0.05) is 5.54 Å². The van der Waals surface area contributed by atoms with Crippen molar-refractivity contribution in [3.8, 4) is 0 Å². The molecule has 1 heterocycles. The molecule has 106 valence electrons. The van der Waals surface area contributed by atoms with Crippen molar-refractivity contribution in [1.82, 2.24) is 4.90 Å². The van der Waals surface area contributed by atoms with E-state index in [1.807, 2.05) is 0 Å². The monoisotopic (exact) mass is 265 g/mol. The van der Waals surface area contributed by atoms with Crippen LogP contribution in [0.25, 0.3) is 0 Å². The van der Waals surface area contributed by atoms with E-state index >= 15 is 0 Å². The summed E-state index contributed by atoms with van der Waals surface area (Å²) in [5.41, 5.74) is 1.15. The Hall–Kier alpha value is -0.930. The van der Waals surface area contributed by atoms with Crippen molar-refractivity contribution in [3.05, 3.63) is 35.1 Å². The number of aryl methyl sites for hydroxylation is 1. The largest absolute Gasteiger partial charge is 0.386 e. The van der Waals surface area contributed by atoms with Gasteiger partial charge in [0.1, 0.15) is 5.82 Å². The predicted molar refractivity (Wildman–Crippen MR) is 75.6 cm³/mol. The summed E-state index contributed by atoms with van der Waals surface area (Å²) in [5.74, 6) is -0.213. The van der Waals surface area contributed by atoms with Crippen LogP contribution in [0.3, 0.4) is 0 Å². The van der Waals surface area contributed by atoms with Crippen molar-refractivity contribution in [2.45, 2.75) is 51.7 Å². The lowest BCUT2D eigenvalue weighted by atomic mass is 9.85. The van der Waals surface area contributed by atoms with Gasteiger partial charge in [-0.15, -0.1) is 0 Å². The van der Waals surface area contributed by atoms with Gasteiger partial charge in [0.25, 0.3) is 0 Å². The summed E-state index contributed by atoms with van der Waals surface area (Å²) < 4.78 is 13.3. The van der Waals surface area contributed by atoms with E-state index in [1.54, 1.807) is 19.1 Å². The van der Waals surface area contributed by atoms with Crippen molar-refractivity contribution in [2.75, 3.05) is 13.1 Å². The first kappa shape index (κ1) is 14.5. The minimum Gasteiger partial charge on any atom is -0.386 e. The zero-order chi connectivity index (χ0) is 14.0. The fraction of sp³-hybridized carbons (Fsp3) is 0.625. The summed E-state index contributed by atoms with van der Waals surface area (Å²) in [5, 5.41) is 10.8. The molecular formula is C16H24FNO. The number of hydrogen-bond donors (Lipinski definition) is 1. The van der Waals surface area contributed by atoms with E-state index in [2.05, 4.69) is 18.7 Å². The van der Waals surface area contributed by atoms with Crippen molar-refractivity contribution in [1.29, 1.82) is 0 Å². The zero-order valence-electron chi connectivity index (χ0n) is 12.1. The number of aliphatic hydroxyl groups excluding tert-OH is 1. The van der Waals surface area contributed by atoms with Gasteiger partial charge in [-0.2, -0.15) is 0 Å². The summed E-state index contributed by atoms with van der Waals surface area (Å²) in [6.45, 7) is 8.05. The van der Waals surface area contributed by atoms with Crippen LogP contribution in [-0.2, 0) is 0 Å². The van der Waals surface area contributed by atoms with E-state index in [1.165, 1.54) is 18.9 Å². The molecule has 0 saturated carbocycles. The van der Waals surface area contributed by atoms with Gasteiger partial charge >= 0.3 is 0 Å². The Kier molecular flexibility index (Phi) is 4.26. The molecule has 3 heteroatoms. The Balaban J connectivity index is 2.28. The molecule has 2 nitrogen and oxygen atoms in total. The number of nitrogens with zero attached hydrogens (tertiary/aromatic N) is 1. The summed E-state index contributed by atoms with van der Waals surface area (Å²) in [6.07, 6.45) is 2.70. The SMILES string of the molecule is CCC(C)(C(O)c1ccc(F)c(C)c1)N1CCCC1. The minimum absolute atomic E-state index is 0.213. The quantitative estimate of drug-likeness (QED) is 0.901. The van der Waals surface area contributed by atoms with Crippen LogP contribution in [0.5, 0.6) is 0 Å². The summed E-state index contributed by atoms with van der Waals surface area (Å²) in [7, 11) is 0. The first-order valence-electron chi connectivity index (χ1n) is 7.18. The fourth-order valence-corrected chi connectivity index (χ4v) is 3.01. The van der Waals surface area contributed by atoms with Gasteiger partial charge in [0.2, 0.25) is 0 Å².